The maximum atomic E-state index is 6.65. The minimum atomic E-state index is -0.126. The molecule has 2 nitrogen and oxygen atoms in total. The molecule has 0 saturated heterocycles. The molecule has 0 bridgehead atoms. The van der Waals surface area contributed by atoms with E-state index in [0.29, 0.717) is 0 Å². The molecule has 8 aromatic rings. The van der Waals surface area contributed by atoms with Crippen LogP contribution in [0, 0.1) is 0 Å². The highest BCUT2D eigenvalue weighted by Gasteiger charge is 2.38. The Morgan fingerprint density at radius 2 is 0.940 bits per heavy atom. The van der Waals surface area contributed by atoms with Gasteiger partial charge in [-0.2, -0.15) is 0 Å². The summed E-state index contributed by atoms with van der Waals surface area (Å²) in [5, 5.41) is 2.23. The van der Waals surface area contributed by atoms with E-state index in [9.17, 15) is 0 Å². The molecule has 2 heteroatoms. The highest BCUT2D eigenvalue weighted by molar-refractivity contribution is 6.15. The van der Waals surface area contributed by atoms with E-state index >= 15 is 0 Å². The van der Waals surface area contributed by atoms with Crippen molar-refractivity contribution in [1.29, 1.82) is 0 Å². The summed E-state index contributed by atoms with van der Waals surface area (Å²) in [6.45, 7) is 9.44. The van der Waals surface area contributed by atoms with Gasteiger partial charge in [0, 0.05) is 27.6 Å². The quantitative estimate of drug-likeness (QED) is 0.190. The molecule has 0 unspecified atom stereocenters. The molecule has 1 aromatic heterocycles. The standard InChI is InChI=1S/C48H37NO/c1-47(2)39-19-11-8-16-34(39)36-24-22-32(28-41(36)47)49(33-23-25-37-35-17-9-12-20-40(35)48(3,4)42(37)29-33)43-26-31(30-14-6-5-7-15-30)27-45-46(43)38-18-10-13-21-44(38)50-45/h5-29H,1-4H3. The predicted octanol–water partition coefficient (Wildman–Crippen LogP) is 13.3. The first-order valence-corrected chi connectivity index (χ1v) is 17.6. The zero-order valence-electron chi connectivity index (χ0n) is 28.8. The van der Waals surface area contributed by atoms with Gasteiger partial charge in [-0.05, 0) is 98.1 Å². The number of furan rings is 1. The van der Waals surface area contributed by atoms with Crippen LogP contribution in [0.15, 0.2) is 156 Å². The molecule has 240 valence electrons. The number of benzene rings is 7. The number of fused-ring (bicyclic) bond motifs is 9. The lowest BCUT2D eigenvalue weighted by Gasteiger charge is -2.30. The molecule has 0 saturated carbocycles. The fourth-order valence-electron chi connectivity index (χ4n) is 8.90. The first kappa shape index (κ1) is 29.1. The third-order valence-corrected chi connectivity index (χ3v) is 11.5. The van der Waals surface area contributed by atoms with Gasteiger partial charge >= 0.3 is 0 Å². The highest BCUT2D eigenvalue weighted by atomic mass is 16.3. The molecule has 7 aromatic carbocycles. The van der Waals surface area contributed by atoms with Crippen molar-refractivity contribution >= 4 is 39.0 Å². The van der Waals surface area contributed by atoms with Crippen LogP contribution in [-0.2, 0) is 10.8 Å². The third kappa shape index (κ3) is 4.02. The summed E-state index contributed by atoms with van der Waals surface area (Å²) in [5.41, 5.74) is 17.9. The molecule has 0 amide bonds. The van der Waals surface area contributed by atoms with Crippen LogP contribution in [0.4, 0.5) is 17.1 Å². The third-order valence-electron chi connectivity index (χ3n) is 11.5. The van der Waals surface area contributed by atoms with Gasteiger partial charge in [-0.15, -0.1) is 0 Å². The Morgan fingerprint density at radius 3 is 1.56 bits per heavy atom. The predicted molar refractivity (Wildman–Crippen MR) is 209 cm³/mol. The molecule has 0 aliphatic heterocycles. The molecule has 1 heterocycles. The molecular weight excluding hydrogens is 607 g/mol. The van der Waals surface area contributed by atoms with Crippen LogP contribution in [0.2, 0.25) is 0 Å². The van der Waals surface area contributed by atoms with Gasteiger partial charge in [-0.25, -0.2) is 0 Å². The summed E-state index contributed by atoms with van der Waals surface area (Å²) in [6, 6.07) is 55.6. The first-order chi connectivity index (χ1) is 24.3. The van der Waals surface area contributed by atoms with Crippen LogP contribution in [0.1, 0.15) is 49.9 Å². The summed E-state index contributed by atoms with van der Waals surface area (Å²) in [5.74, 6) is 0. The summed E-state index contributed by atoms with van der Waals surface area (Å²) in [6.07, 6.45) is 0. The molecule has 2 aliphatic carbocycles. The lowest BCUT2D eigenvalue weighted by Crippen LogP contribution is -2.18. The zero-order valence-corrected chi connectivity index (χ0v) is 28.8. The molecule has 10 rings (SSSR count). The van der Waals surface area contributed by atoms with Crippen molar-refractivity contribution in [1.82, 2.24) is 0 Å². The topological polar surface area (TPSA) is 16.4 Å². The number of para-hydroxylation sites is 1. The number of anilines is 3. The molecule has 2 aliphatic rings. The van der Waals surface area contributed by atoms with Gasteiger partial charge in [0.25, 0.3) is 0 Å². The van der Waals surface area contributed by atoms with Gasteiger partial charge < -0.3 is 9.32 Å². The average Bonchev–Trinajstić information content (AvgIpc) is 3.72. The van der Waals surface area contributed by atoms with E-state index in [1.807, 2.05) is 0 Å². The van der Waals surface area contributed by atoms with Gasteiger partial charge in [0.15, 0.2) is 0 Å². The Balaban J connectivity index is 1.28. The van der Waals surface area contributed by atoms with Crippen molar-refractivity contribution in [3.8, 4) is 33.4 Å². The molecule has 0 spiro atoms. The van der Waals surface area contributed by atoms with E-state index in [4.69, 9.17) is 4.42 Å². The van der Waals surface area contributed by atoms with E-state index in [1.54, 1.807) is 0 Å². The van der Waals surface area contributed by atoms with Crippen molar-refractivity contribution in [3.63, 3.8) is 0 Å². The van der Waals surface area contributed by atoms with E-state index in [1.165, 1.54) is 44.5 Å². The van der Waals surface area contributed by atoms with Crippen molar-refractivity contribution < 1.29 is 4.42 Å². The van der Waals surface area contributed by atoms with E-state index < -0.39 is 0 Å². The maximum absolute atomic E-state index is 6.65. The van der Waals surface area contributed by atoms with Gasteiger partial charge in [-0.1, -0.05) is 137 Å². The van der Waals surface area contributed by atoms with Crippen LogP contribution >= 0.6 is 0 Å². The zero-order chi connectivity index (χ0) is 33.8. The Bertz CT molecular complexity index is 2550. The molecule has 50 heavy (non-hydrogen) atoms. The van der Waals surface area contributed by atoms with Crippen LogP contribution in [-0.4, -0.2) is 0 Å². The minimum absolute atomic E-state index is 0.126. The Labute approximate surface area is 293 Å². The van der Waals surface area contributed by atoms with Crippen LogP contribution in [0.5, 0.6) is 0 Å². The van der Waals surface area contributed by atoms with Crippen molar-refractivity contribution in [2.75, 3.05) is 4.90 Å². The van der Waals surface area contributed by atoms with Crippen LogP contribution in [0.25, 0.3) is 55.3 Å². The van der Waals surface area contributed by atoms with Gasteiger partial charge in [0.1, 0.15) is 11.2 Å². The Kier molecular flexibility index (Phi) is 6.01. The fraction of sp³-hybridized carbons (Fsp3) is 0.125. The first-order valence-electron chi connectivity index (χ1n) is 17.6. The van der Waals surface area contributed by atoms with Crippen molar-refractivity contribution in [2.45, 2.75) is 38.5 Å². The highest BCUT2D eigenvalue weighted by Crippen LogP contribution is 2.54. The summed E-state index contributed by atoms with van der Waals surface area (Å²) >= 11 is 0. The van der Waals surface area contributed by atoms with Gasteiger partial charge in [0.2, 0.25) is 0 Å². The number of rotatable bonds is 4. The molecule has 0 atom stereocenters. The number of hydrogen-bond acceptors (Lipinski definition) is 2. The summed E-state index contributed by atoms with van der Waals surface area (Å²) < 4.78 is 6.65. The second-order valence-electron chi connectivity index (χ2n) is 15.0. The fourth-order valence-corrected chi connectivity index (χ4v) is 8.90. The minimum Gasteiger partial charge on any atom is -0.456 e. The molecule has 0 radical (unpaired) electrons. The summed E-state index contributed by atoms with van der Waals surface area (Å²) in [4.78, 5) is 2.48. The number of hydrogen-bond donors (Lipinski definition) is 0. The Morgan fingerprint density at radius 1 is 0.420 bits per heavy atom. The van der Waals surface area contributed by atoms with Crippen LogP contribution in [0.3, 0.4) is 0 Å². The van der Waals surface area contributed by atoms with E-state index in [2.05, 4.69) is 184 Å². The Hall–Kier alpha value is -5.86. The monoisotopic (exact) mass is 643 g/mol. The van der Waals surface area contributed by atoms with Crippen LogP contribution < -0.4 is 4.90 Å². The largest absolute Gasteiger partial charge is 0.456 e. The van der Waals surface area contributed by atoms with Gasteiger partial charge in [0.05, 0.1) is 11.1 Å². The SMILES string of the molecule is CC1(C)c2ccccc2-c2ccc(N(c3ccc4c(c3)C(C)(C)c3ccccc3-4)c3cc(-c4ccccc4)cc4oc5ccccc5c34)cc21. The lowest BCUT2D eigenvalue weighted by atomic mass is 9.82. The van der Waals surface area contributed by atoms with E-state index in [-0.39, 0.29) is 10.8 Å². The molecule has 0 N–H and O–H groups in total. The average molecular weight is 644 g/mol. The second-order valence-corrected chi connectivity index (χ2v) is 15.0. The van der Waals surface area contributed by atoms with Gasteiger partial charge in [-0.3, -0.25) is 0 Å². The molecular formula is C48H37NO. The molecule has 0 fully saturated rings. The normalized spacial score (nSPS) is 14.7. The maximum Gasteiger partial charge on any atom is 0.138 e. The summed E-state index contributed by atoms with van der Waals surface area (Å²) in [7, 11) is 0. The lowest BCUT2D eigenvalue weighted by molar-refractivity contribution is 0.660. The second kappa shape index (κ2) is 10.3. The number of nitrogens with zero attached hydrogens (tertiary/aromatic N) is 1. The van der Waals surface area contributed by atoms with E-state index in [0.717, 1.165) is 50.1 Å². The van der Waals surface area contributed by atoms with Crippen molar-refractivity contribution in [3.05, 3.63) is 174 Å². The smallest absolute Gasteiger partial charge is 0.138 e. The van der Waals surface area contributed by atoms with Crippen molar-refractivity contribution in [2.24, 2.45) is 0 Å².